The van der Waals surface area contributed by atoms with Gasteiger partial charge in [-0.15, -0.1) is 0 Å². The summed E-state index contributed by atoms with van der Waals surface area (Å²) in [7, 11) is 3.21. The summed E-state index contributed by atoms with van der Waals surface area (Å²) in [5.74, 6) is 2.84. The molecule has 11 heteroatoms. The van der Waals surface area contributed by atoms with Crippen LogP contribution in [0.4, 0.5) is 17.5 Å². The van der Waals surface area contributed by atoms with E-state index in [-0.39, 0.29) is 6.10 Å². The molecular formula is C28H32ClN7O3. The number of aromatic nitrogens is 4. The first kappa shape index (κ1) is 25.5. The number of pyridine rings is 1. The molecule has 0 amide bonds. The summed E-state index contributed by atoms with van der Waals surface area (Å²) in [5.41, 5.74) is 3.57. The number of hydrogen-bond acceptors (Lipinski definition) is 9. The molecular weight excluding hydrogens is 518 g/mol. The number of fused-ring (bicyclic) bond motifs is 1. The summed E-state index contributed by atoms with van der Waals surface area (Å²) >= 11 is 6.40. The van der Waals surface area contributed by atoms with Crippen LogP contribution in [0, 0.1) is 0 Å². The first-order valence-electron chi connectivity index (χ1n) is 13.2. The normalized spacial score (nSPS) is 18.1. The Hall–Kier alpha value is -3.76. The molecule has 0 aliphatic carbocycles. The van der Waals surface area contributed by atoms with Crippen LogP contribution in [0.2, 0.25) is 5.02 Å². The van der Waals surface area contributed by atoms with E-state index in [4.69, 9.17) is 31.0 Å². The number of aliphatic hydroxyl groups excluding tert-OH is 1. The van der Waals surface area contributed by atoms with Crippen molar-refractivity contribution in [3.05, 3.63) is 53.9 Å². The van der Waals surface area contributed by atoms with Gasteiger partial charge in [-0.2, -0.15) is 4.98 Å². The van der Waals surface area contributed by atoms with Crippen LogP contribution in [-0.2, 0) is 0 Å². The third kappa shape index (κ3) is 5.14. The molecule has 2 aliphatic heterocycles. The van der Waals surface area contributed by atoms with Gasteiger partial charge in [-0.25, -0.2) is 9.97 Å². The number of rotatable bonds is 6. The maximum Gasteiger partial charge on any atom is 0.227 e. The first-order chi connectivity index (χ1) is 19.0. The van der Waals surface area contributed by atoms with Crippen LogP contribution in [0.25, 0.3) is 16.9 Å². The second kappa shape index (κ2) is 10.8. The zero-order chi connectivity index (χ0) is 26.9. The van der Waals surface area contributed by atoms with Crippen molar-refractivity contribution in [3.8, 4) is 22.8 Å². The molecule has 1 N–H and O–H groups in total. The monoisotopic (exact) mass is 549 g/mol. The maximum absolute atomic E-state index is 10.0. The SMILES string of the molecule is COc1cc(OC)c(-c2cn3ccc(N4CCN(c5ccnc(N6CCCC(O)C6)n5)CC4)cc3n2)cc1Cl. The lowest BCUT2D eigenvalue weighted by atomic mass is 10.1. The lowest BCUT2D eigenvalue weighted by Gasteiger charge is -2.37. The van der Waals surface area contributed by atoms with E-state index < -0.39 is 0 Å². The Bertz CT molecular complexity index is 1470. The van der Waals surface area contributed by atoms with Crippen molar-refractivity contribution in [3.63, 3.8) is 0 Å². The van der Waals surface area contributed by atoms with Crippen molar-refractivity contribution in [1.29, 1.82) is 0 Å². The fourth-order valence-electron chi connectivity index (χ4n) is 5.36. The highest BCUT2D eigenvalue weighted by Crippen LogP contribution is 2.38. The first-order valence-corrected chi connectivity index (χ1v) is 13.6. The van der Waals surface area contributed by atoms with Crippen molar-refractivity contribution in [1.82, 2.24) is 19.4 Å². The molecule has 0 radical (unpaired) electrons. The van der Waals surface area contributed by atoms with Gasteiger partial charge in [0.05, 0.1) is 31.0 Å². The highest BCUT2D eigenvalue weighted by atomic mass is 35.5. The zero-order valence-electron chi connectivity index (χ0n) is 22.1. The quantitative estimate of drug-likeness (QED) is 0.386. The minimum atomic E-state index is -0.311. The molecule has 1 aromatic carbocycles. The van der Waals surface area contributed by atoms with Gasteiger partial charge in [0.2, 0.25) is 5.95 Å². The average Bonchev–Trinajstić information content (AvgIpc) is 3.40. The van der Waals surface area contributed by atoms with E-state index in [2.05, 4.69) is 31.8 Å². The van der Waals surface area contributed by atoms with Crippen LogP contribution in [0.5, 0.6) is 11.5 Å². The molecule has 0 spiro atoms. The number of aliphatic hydroxyl groups is 1. The standard InChI is InChI=1S/C28H32ClN7O3/c1-38-24-16-25(39-2)22(29)15-21(24)23-18-35-9-6-19(14-27(35)31-23)33-10-12-34(13-11-33)26-5-7-30-28(32-26)36-8-3-4-20(37)17-36/h5-7,9,14-16,18,20,37H,3-4,8,10-13,17H2,1-2H3. The summed E-state index contributed by atoms with van der Waals surface area (Å²) in [6.07, 6.45) is 7.32. The maximum atomic E-state index is 10.0. The minimum Gasteiger partial charge on any atom is -0.496 e. The van der Waals surface area contributed by atoms with E-state index in [0.29, 0.717) is 29.0 Å². The number of piperidine rings is 1. The fourth-order valence-corrected chi connectivity index (χ4v) is 5.60. The van der Waals surface area contributed by atoms with Crippen LogP contribution in [0.15, 0.2) is 48.9 Å². The van der Waals surface area contributed by atoms with Crippen molar-refractivity contribution in [2.75, 3.05) is 68.2 Å². The Morgan fingerprint density at radius 2 is 1.72 bits per heavy atom. The molecule has 6 rings (SSSR count). The summed E-state index contributed by atoms with van der Waals surface area (Å²) in [6.45, 7) is 4.91. The van der Waals surface area contributed by atoms with Crippen LogP contribution in [-0.4, -0.2) is 84.1 Å². The summed E-state index contributed by atoms with van der Waals surface area (Å²) < 4.78 is 12.9. The molecule has 2 saturated heterocycles. The number of hydrogen-bond donors (Lipinski definition) is 1. The molecule has 204 valence electrons. The Morgan fingerprint density at radius 3 is 2.49 bits per heavy atom. The third-order valence-electron chi connectivity index (χ3n) is 7.47. The second-order valence-corrected chi connectivity index (χ2v) is 10.3. The van der Waals surface area contributed by atoms with Gasteiger partial charge in [0.15, 0.2) is 0 Å². The number of anilines is 3. The largest absolute Gasteiger partial charge is 0.496 e. The smallest absolute Gasteiger partial charge is 0.227 e. The molecule has 4 aromatic rings. The van der Waals surface area contributed by atoms with Gasteiger partial charge in [0.1, 0.15) is 23.0 Å². The van der Waals surface area contributed by atoms with Crippen LogP contribution in [0.1, 0.15) is 12.8 Å². The molecule has 2 fully saturated rings. The number of benzene rings is 1. The van der Waals surface area contributed by atoms with E-state index in [1.54, 1.807) is 20.3 Å². The second-order valence-electron chi connectivity index (χ2n) is 9.89. The molecule has 0 bridgehead atoms. The average molecular weight is 550 g/mol. The Kier molecular flexibility index (Phi) is 7.05. The van der Waals surface area contributed by atoms with E-state index in [0.717, 1.165) is 74.0 Å². The zero-order valence-corrected chi connectivity index (χ0v) is 22.9. The highest BCUT2D eigenvalue weighted by Gasteiger charge is 2.23. The van der Waals surface area contributed by atoms with Gasteiger partial charge >= 0.3 is 0 Å². The van der Waals surface area contributed by atoms with Gasteiger partial charge in [0, 0.05) is 81.2 Å². The summed E-state index contributed by atoms with van der Waals surface area (Å²) in [6, 6.07) is 9.81. The van der Waals surface area contributed by atoms with E-state index in [9.17, 15) is 5.11 Å². The van der Waals surface area contributed by atoms with Gasteiger partial charge in [0.25, 0.3) is 0 Å². The third-order valence-corrected chi connectivity index (χ3v) is 7.77. The number of ether oxygens (including phenoxy) is 2. The molecule has 39 heavy (non-hydrogen) atoms. The molecule has 2 aliphatic rings. The number of piperazine rings is 1. The van der Waals surface area contributed by atoms with Gasteiger partial charge in [-0.05, 0) is 31.0 Å². The number of halogens is 1. The van der Waals surface area contributed by atoms with Crippen molar-refractivity contribution in [2.45, 2.75) is 18.9 Å². The Balaban J connectivity index is 1.17. The van der Waals surface area contributed by atoms with Crippen LogP contribution < -0.4 is 24.2 Å². The number of methoxy groups -OCH3 is 2. The topological polar surface area (TPSA) is 91.5 Å². The molecule has 5 heterocycles. The fraction of sp³-hybridized carbons (Fsp3) is 0.393. The van der Waals surface area contributed by atoms with Crippen LogP contribution >= 0.6 is 11.6 Å². The van der Waals surface area contributed by atoms with Gasteiger partial charge in [-0.3, -0.25) is 0 Å². The summed E-state index contributed by atoms with van der Waals surface area (Å²) in [4.78, 5) is 20.9. The number of β-amino-alcohol motifs (C(OH)–C–C–N with tert-alkyl or cyclic N) is 1. The molecule has 3 aromatic heterocycles. The lowest BCUT2D eigenvalue weighted by Crippen LogP contribution is -2.47. The molecule has 0 saturated carbocycles. The Labute approximate surface area is 232 Å². The van der Waals surface area contributed by atoms with Crippen molar-refractivity contribution >= 4 is 34.7 Å². The Morgan fingerprint density at radius 1 is 0.923 bits per heavy atom. The molecule has 1 atom stereocenters. The van der Waals surface area contributed by atoms with Crippen molar-refractivity contribution in [2.24, 2.45) is 0 Å². The number of nitrogens with zero attached hydrogens (tertiary/aromatic N) is 7. The highest BCUT2D eigenvalue weighted by molar-refractivity contribution is 6.32. The van der Waals surface area contributed by atoms with Crippen molar-refractivity contribution < 1.29 is 14.6 Å². The minimum absolute atomic E-state index is 0.311. The van der Waals surface area contributed by atoms with Gasteiger partial charge in [-0.1, -0.05) is 11.6 Å². The predicted molar refractivity (Wildman–Crippen MR) is 153 cm³/mol. The van der Waals surface area contributed by atoms with E-state index >= 15 is 0 Å². The summed E-state index contributed by atoms with van der Waals surface area (Å²) in [5, 5.41) is 10.5. The number of imidazole rings is 1. The van der Waals surface area contributed by atoms with E-state index in [1.807, 2.05) is 35.1 Å². The lowest BCUT2D eigenvalue weighted by molar-refractivity contribution is 0.153. The predicted octanol–water partition coefficient (Wildman–Crippen LogP) is 3.75. The van der Waals surface area contributed by atoms with Gasteiger partial charge < -0.3 is 33.7 Å². The van der Waals surface area contributed by atoms with E-state index in [1.165, 1.54) is 0 Å². The molecule has 1 unspecified atom stereocenters. The van der Waals surface area contributed by atoms with Crippen LogP contribution in [0.3, 0.4) is 0 Å². The molecule has 10 nitrogen and oxygen atoms in total.